The van der Waals surface area contributed by atoms with Crippen molar-refractivity contribution in [2.45, 2.75) is 47.3 Å². The summed E-state index contributed by atoms with van der Waals surface area (Å²) in [6.07, 6.45) is 0. The second kappa shape index (κ2) is 5.57. The molecule has 0 spiro atoms. The van der Waals surface area contributed by atoms with Crippen molar-refractivity contribution in [1.82, 2.24) is 9.78 Å². The van der Waals surface area contributed by atoms with Crippen molar-refractivity contribution in [3.8, 4) is 5.75 Å². The number of hydrogen-bond acceptors (Lipinski definition) is 3. The lowest BCUT2D eigenvalue weighted by Crippen LogP contribution is -2.09. The maximum atomic E-state index is 5.91. The molecule has 2 aromatic rings. The van der Waals surface area contributed by atoms with Gasteiger partial charge in [-0.15, -0.1) is 0 Å². The van der Waals surface area contributed by atoms with E-state index in [1.807, 2.05) is 19.9 Å². The third kappa shape index (κ3) is 2.79. The fourth-order valence-corrected chi connectivity index (χ4v) is 2.36. The molecule has 4 nitrogen and oxygen atoms in total. The van der Waals surface area contributed by atoms with Crippen LogP contribution >= 0.6 is 0 Å². The molecular weight excluding hydrogens is 250 g/mol. The van der Waals surface area contributed by atoms with Crippen LogP contribution in [0, 0.1) is 20.8 Å². The van der Waals surface area contributed by atoms with Crippen molar-refractivity contribution >= 4 is 5.69 Å². The van der Waals surface area contributed by atoms with Gasteiger partial charge in [0.15, 0.2) is 6.73 Å². The first-order chi connectivity index (χ1) is 9.40. The molecular formula is C16H23N3O. The smallest absolute Gasteiger partial charge is 0.181 e. The van der Waals surface area contributed by atoms with E-state index in [1.54, 1.807) is 4.68 Å². The van der Waals surface area contributed by atoms with Crippen LogP contribution in [0.4, 0.5) is 5.69 Å². The summed E-state index contributed by atoms with van der Waals surface area (Å²) in [6.45, 7) is 10.7. The van der Waals surface area contributed by atoms with Crippen LogP contribution in [0.2, 0.25) is 0 Å². The molecule has 1 aromatic carbocycles. The van der Waals surface area contributed by atoms with Crippen molar-refractivity contribution in [2.24, 2.45) is 0 Å². The van der Waals surface area contributed by atoms with Gasteiger partial charge in [0.25, 0.3) is 0 Å². The fraction of sp³-hybridized carbons (Fsp3) is 0.438. The molecule has 0 radical (unpaired) electrons. The molecule has 0 saturated carbocycles. The highest BCUT2D eigenvalue weighted by molar-refractivity contribution is 5.46. The highest BCUT2D eigenvalue weighted by Gasteiger charge is 2.09. The summed E-state index contributed by atoms with van der Waals surface area (Å²) in [4.78, 5) is 0. The van der Waals surface area contributed by atoms with E-state index in [0.29, 0.717) is 12.6 Å². The Labute approximate surface area is 120 Å². The zero-order chi connectivity index (χ0) is 14.9. The van der Waals surface area contributed by atoms with E-state index in [0.717, 1.165) is 22.8 Å². The number of rotatable bonds is 4. The number of aryl methyl sites for hydroxylation is 2. The molecule has 0 fully saturated rings. The minimum absolute atomic E-state index is 0.379. The number of hydrogen-bond donors (Lipinski definition) is 1. The van der Waals surface area contributed by atoms with Gasteiger partial charge in [0.1, 0.15) is 5.75 Å². The summed E-state index contributed by atoms with van der Waals surface area (Å²) in [5.41, 5.74) is 11.0. The van der Waals surface area contributed by atoms with Crippen molar-refractivity contribution in [3.05, 3.63) is 40.7 Å². The molecule has 4 heteroatoms. The molecule has 0 aliphatic rings. The maximum absolute atomic E-state index is 5.91. The second-order valence-electron chi connectivity index (χ2n) is 5.53. The summed E-state index contributed by atoms with van der Waals surface area (Å²) in [7, 11) is 0. The Balaban J connectivity index is 2.11. The van der Waals surface area contributed by atoms with Crippen LogP contribution in [-0.2, 0) is 6.73 Å². The second-order valence-corrected chi connectivity index (χ2v) is 5.53. The van der Waals surface area contributed by atoms with Gasteiger partial charge in [0, 0.05) is 0 Å². The minimum atomic E-state index is 0.379. The van der Waals surface area contributed by atoms with Gasteiger partial charge in [-0.1, -0.05) is 19.9 Å². The molecule has 0 unspecified atom stereocenters. The Bertz CT molecular complexity index is 614. The number of anilines is 1. The SMILES string of the molecule is Cc1cc(OCn2nc(C)c(N)c2C)ccc1C(C)C. The van der Waals surface area contributed by atoms with Crippen LogP contribution in [0.15, 0.2) is 18.2 Å². The standard InChI is InChI=1S/C16H23N3O/c1-10(2)15-7-6-14(8-11(15)3)20-9-19-13(5)16(17)12(4)18-19/h6-8,10H,9,17H2,1-5H3. The average molecular weight is 273 g/mol. The number of nitrogens with two attached hydrogens (primary N) is 1. The Morgan fingerprint density at radius 2 is 1.95 bits per heavy atom. The van der Waals surface area contributed by atoms with E-state index in [-0.39, 0.29) is 0 Å². The van der Waals surface area contributed by atoms with Crippen molar-refractivity contribution in [1.29, 1.82) is 0 Å². The van der Waals surface area contributed by atoms with Crippen LogP contribution in [0.3, 0.4) is 0 Å². The minimum Gasteiger partial charge on any atom is -0.471 e. The Morgan fingerprint density at radius 3 is 2.45 bits per heavy atom. The number of nitrogen functional groups attached to an aromatic ring is 1. The summed E-state index contributed by atoms with van der Waals surface area (Å²) in [5, 5.41) is 4.36. The fourth-order valence-electron chi connectivity index (χ4n) is 2.36. The average Bonchev–Trinajstić information content (AvgIpc) is 2.63. The number of aromatic nitrogens is 2. The van der Waals surface area contributed by atoms with Crippen molar-refractivity contribution < 1.29 is 4.74 Å². The third-order valence-corrected chi connectivity index (χ3v) is 3.65. The zero-order valence-electron chi connectivity index (χ0n) is 12.9. The van der Waals surface area contributed by atoms with E-state index in [4.69, 9.17) is 10.5 Å². The van der Waals surface area contributed by atoms with E-state index in [1.165, 1.54) is 11.1 Å². The first-order valence-corrected chi connectivity index (χ1v) is 6.93. The van der Waals surface area contributed by atoms with Crippen LogP contribution < -0.4 is 10.5 Å². The lowest BCUT2D eigenvalue weighted by atomic mass is 9.98. The van der Waals surface area contributed by atoms with Gasteiger partial charge in [-0.05, 0) is 49.9 Å². The molecule has 0 aliphatic heterocycles. The van der Waals surface area contributed by atoms with E-state index in [2.05, 4.69) is 38.0 Å². The van der Waals surface area contributed by atoms with Gasteiger partial charge in [-0.25, -0.2) is 4.68 Å². The summed E-state index contributed by atoms with van der Waals surface area (Å²) < 4.78 is 7.59. The molecule has 0 aliphatic carbocycles. The van der Waals surface area contributed by atoms with Gasteiger partial charge in [0.05, 0.1) is 17.1 Å². The highest BCUT2D eigenvalue weighted by atomic mass is 16.5. The zero-order valence-corrected chi connectivity index (χ0v) is 12.9. The molecule has 0 amide bonds. The van der Waals surface area contributed by atoms with Crippen LogP contribution in [0.5, 0.6) is 5.75 Å². The van der Waals surface area contributed by atoms with Gasteiger partial charge in [-0.3, -0.25) is 0 Å². The van der Waals surface area contributed by atoms with Crippen LogP contribution in [-0.4, -0.2) is 9.78 Å². The highest BCUT2D eigenvalue weighted by Crippen LogP contribution is 2.24. The first-order valence-electron chi connectivity index (χ1n) is 6.93. The summed E-state index contributed by atoms with van der Waals surface area (Å²) in [5.74, 6) is 1.39. The third-order valence-electron chi connectivity index (χ3n) is 3.65. The quantitative estimate of drug-likeness (QED) is 0.926. The van der Waals surface area contributed by atoms with E-state index in [9.17, 15) is 0 Å². The van der Waals surface area contributed by atoms with Crippen LogP contribution in [0.1, 0.15) is 42.3 Å². The molecule has 1 aromatic heterocycles. The lowest BCUT2D eigenvalue weighted by Gasteiger charge is -2.13. The molecule has 20 heavy (non-hydrogen) atoms. The molecule has 0 bridgehead atoms. The van der Waals surface area contributed by atoms with Gasteiger partial charge in [-0.2, -0.15) is 5.10 Å². The predicted octanol–water partition coefficient (Wildman–Crippen LogP) is 3.55. The first kappa shape index (κ1) is 14.4. The molecule has 0 atom stereocenters. The molecule has 1 heterocycles. The maximum Gasteiger partial charge on any atom is 0.181 e. The number of ether oxygens (including phenoxy) is 1. The Morgan fingerprint density at radius 1 is 1.25 bits per heavy atom. The number of nitrogens with zero attached hydrogens (tertiary/aromatic N) is 2. The van der Waals surface area contributed by atoms with Gasteiger partial charge < -0.3 is 10.5 Å². The molecule has 2 rings (SSSR count). The van der Waals surface area contributed by atoms with Crippen molar-refractivity contribution in [2.75, 3.05) is 5.73 Å². The topological polar surface area (TPSA) is 53.1 Å². The number of benzene rings is 1. The van der Waals surface area contributed by atoms with E-state index < -0.39 is 0 Å². The molecule has 0 saturated heterocycles. The summed E-state index contributed by atoms with van der Waals surface area (Å²) in [6, 6.07) is 6.21. The van der Waals surface area contributed by atoms with Crippen LogP contribution in [0.25, 0.3) is 0 Å². The summed E-state index contributed by atoms with van der Waals surface area (Å²) >= 11 is 0. The van der Waals surface area contributed by atoms with Gasteiger partial charge >= 0.3 is 0 Å². The van der Waals surface area contributed by atoms with Crippen molar-refractivity contribution in [3.63, 3.8) is 0 Å². The Hall–Kier alpha value is -1.97. The Kier molecular flexibility index (Phi) is 4.02. The predicted molar refractivity (Wildman–Crippen MR) is 82.0 cm³/mol. The molecule has 2 N–H and O–H groups in total. The lowest BCUT2D eigenvalue weighted by molar-refractivity contribution is 0.217. The van der Waals surface area contributed by atoms with E-state index >= 15 is 0 Å². The van der Waals surface area contributed by atoms with Gasteiger partial charge in [0.2, 0.25) is 0 Å². The monoisotopic (exact) mass is 273 g/mol. The molecule has 108 valence electrons. The largest absolute Gasteiger partial charge is 0.471 e. The normalized spacial score (nSPS) is 11.1.